The summed E-state index contributed by atoms with van der Waals surface area (Å²) < 4.78 is 29.4. The van der Waals surface area contributed by atoms with Crippen molar-refractivity contribution in [3.8, 4) is 0 Å². The number of halogens is 2. The second kappa shape index (κ2) is 6.85. The van der Waals surface area contributed by atoms with Gasteiger partial charge in [-0.25, -0.2) is 8.78 Å². The average Bonchev–Trinajstić information content (AvgIpc) is 2.91. The van der Waals surface area contributed by atoms with Crippen LogP contribution in [0.3, 0.4) is 0 Å². The minimum atomic E-state index is -0.785. The number of benzene rings is 2. The number of aliphatic hydroxyl groups is 1. The molecule has 4 rings (SSSR count). The number of piperidine rings is 1. The third-order valence-electron chi connectivity index (χ3n) is 5.71. The molecule has 2 aromatic carbocycles. The molecular weight excluding hydrogens is 362 g/mol. The summed E-state index contributed by atoms with van der Waals surface area (Å²) in [5.74, 6) is -0.723. The van der Waals surface area contributed by atoms with Crippen LogP contribution in [0.15, 0.2) is 36.4 Å². The van der Waals surface area contributed by atoms with E-state index in [1.54, 1.807) is 17.0 Å². The Balaban J connectivity index is 1.66. The molecule has 0 bridgehead atoms. The van der Waals surface area contributed by atoms with Crippen molar-refractivity contribution < 1.29 is 18.7 Å². The molecule has 1 aliphatic heterocycles. The zero-order chi connectivity index (χ0) is 20.1. The summed E-state index contributed by atoms with van der Waals surface area (Å²) in [5.41, 5.74) is 1.05. The first-order chi connectivity index (χ1) is 13.3. The van der Waals surface area contributed by atoms with Gasteiger partial charge in [-0.3, -0.25) is 4.79 Å². The molecule has 6 heteroatoms. The maximum Gasteiger partial charge on any atom is 0.228 e. The molecule has 0 aliphatic carbocycles. The Bertz CT molecular complexity index is 998. The van der Waals surface area contributed by atoms with Crippen molar-refractivity contribution in [2.24, 2.45) is 5.41 Å². The van der Waals surface area contributed by atoms with E-state index in [1.165, 1.54) is 24.3 Å². The highest BCUT2D eigenvalue weighted by atomic mass is 19.1. The normalized spacial score (nSPS) is 18.2. The molecule has 1 fully saturated rings. The summed E-state index contributed by atoms with van der Waals surface area (Å²) in [6, 6.07) is 8.77. The quantitative estimate of drug-likeness (QED) is 0.734. The lowest BCUT2D eigenvalue weighted by Crippen LogP contribution is -2.49. The maximum absolute atomic E-state index is 13.8. The number of nitrogens with zero attached hydrogens (tertiary/aromatic N) is 2. The number of rotatable bonds is 4. The van der Waals surface area contributed by atoms with Crippen LogP contribution in [-0.4, -0.2) is 39.7 Å². The van der Waals surface area contributed by atoms with Gasteiger partial charge in [0.2, 0.25) is 5.91 Å². The molecule has 0 spiro atoms. The number of carbonyl (C=O) groups is 1. The number of hydrogen-bond acceptors (Lipinski definition) is 2. The molecule has 2 heterocycles. The standard InChI is InChI=1S/C22H24F2N2O2/c1-22(2)8-3-9-25(21(22)28)12-16(27)13-26-19-6-4-14(23)10-17(19)18-11-15(24)5-7-20(18)26/h4-7,10-11,16,27H,3,8-9,12-13H2,1-2H3. The maximum atomic E-state index is 13.8. The fourth-order valence-corrected chi connectivity index (χ4v) is 4.29. The van der Waals surface area contributed by atoms with Crippen LogP contribution in [0.4, 0.5) is 8.78 Å². The third-order valence-corrected chi connectivity index (χ3v) is 5.71. The van der Waals surface area contributed by atoms with Crippen molar-refractivity contribution in [2.45, 2.75) is 39.3 Å². The van der Waals surface area contributed by atoms with E-state index in [1.807, 2.05) is 18.4 Å². The molecule has 1 unspecified atom stereocenters. The van der Waals surface area contributed by atoms with Crippen LogP contribution in [0.25, 0.3) is 21.8 Å². The van der Waals surface area contributed by atoms with Gasteiger partial charge in [0.05, 0.1) is 12.6 Å². The number of hydrogen-bond donors (Lipinski definition) is 1. The first kappa shape index (κ1) is 18.9. The number of likely N-dealkylation sites (tertiary alicyclic amines) is 1. The van der Waals surface area contributed by atoms with E-state index in [0.29, 0.717) is 17.3 Å². The Kier molecular flexibility index (Phi) is 4.62. The lowest BCUT2D eigenvalue weighted by Gasteiger charge is -2.38. The van der Waals surface area contributed by atoms with E-state index in [-0.39, 0.29) is 19.0 Å². The van der Waals surface area contributed by atoms with Crippen LogP contribution >= 0.6 is 0 Å². The highest BCUT2D eigenvalue weighted by Gasteiger charge is 2.36. The monoisotopic (exact) mass is 386 g/mol. The van der Waals surface area contributed by atoms with E-state index in [0.717, 1.165) is 23.9 Å². The van der Waals surface area contributed by atoms with Crippen molar-refractivity contribution in [1.82, 2.24) is 9.47 Å². The van der Waals surface area contributed by atoms with Crippen molar-refractivity contribution in [1.29, 1.82) is 0 Å². The van der Waals surface area contributed by atoms with E-state index in [9.17, 15) is 18.7 Å². The van der Waals surface area contributed by atoms with Gasteiger partial charge < -0.3 is 14.6 Å². The Morgan fingerprint density at radius 1 is 1.04 bits per heavy atom. The summed E-state index contributed by atoms with van der Waals surface area (Å²) in [6.07, 6.45) is 0.980. The fraction of sp³-hybridized carbons (Fsp3) is 0.409. The highest BCUT2D eigenvalue weighted by molar-refractivity contribution is 6.08. The second-order valence-electron chi connectivity index (χ2n) is 8.33. The van der Waals surface area contributed by atoms with E-state index in [2.05, 4.69) is 0 Å². The molecule has 1 amide bonds. The summed E-state index contributed by atoms with van der Waals surface area (Å²) >= 11 is 0. The molecule has 4 nitrogen and oxygen atoms in total. The largest absolute Gasteiger partial charge is 0.389 e. The summed E-state index contributed by atoms with van der Waals surface area (Å²) in [4.78, 5) is 14.3. The minimum absolute atomic E-state index is 0.0594. The molecule has 3 aromatic rings. The molecule has 0 radical (unpaired) electrons. The number of aliphatic hydroxyl groups excluding tert-OH is 1. The van der Waals surface area contributed by atoms with Gasteiger partial charge >= 0.3 is 0 Å². The van der Waals surface area contributed by atoms with Gasteiger partial charge in [-0.1, -0.05) is 13.8 Å². The van der Waals surface area contributed by atoms with E-state index in [4.69, 9.17) is 0 Å². The van der Waals surface area contributed by atoms with Crippen LogP contribution in [-0.2, 0) is 11.3 Å². The van der Waals surface area contributed by atoms with Crippen LogP contribution in [0.5, 0.6) is 0 Å². The highest BCUT2D eigenvalue weighted by Crippen LogP contribution is 2.32. The summed E-state index contributed by atoms with van der Waals surface area (Å²) in [7, 11) is 0. The number of β-amino-alcohol motifs (C(OH)–C–C–N with tert-alkyl or cyclic N) is 1. The van der Waals surface area contributed by atoms with E-state index >= 15 is 0 Å². The Morgan fingerprint density at radius 3 is 2.18 bits per heavy atom. The molecule has 1 aromatic heterocycles. The Morgan fingerprint density at radius 2 is 1.61 bits per heavy atom. The molecule has 1 saturated heterocycles. The van der Waals surface area contributed by atoms with Gasteiger partial charge in [-0.05, 0) is 49.2 Å². The molecule has 0 saturated carbocycles. The smallest absolute Gasteiger partial charge is 0.228 e. The number of amides is 1. The van der Waals surface area contributed by atoms with Crippen molar-refractivity contribution in [3.05, 3.63) is 48.0 Å². The van der Waals surface area contributed by atoms with Crippen LogP contribution in [0, 0.1) is 17.0 Å². The summed E-state index contributed by atoms with van der Waals surface area (Å²) in [6.45, 7) is 4.99. The van der Waals surface area contributed by atoms with Crippen molar-refractivity contribution in [3.63, 3.8) is 0 Å². The number of fused-ring (bicyclic) bond motifs is 3. The van der Waals surface area contributed by atoms with Gasteiger partial charge in [0, 0.05) is 40.3 Å². The molecule has 28 heavy (non-hydrogen) atoms. The Labute approximate surface area is 162 Å². The van der Waals surface area contributed by atoms with E-state index < -0.39 is 23.2 Å². The number of carbonyl (C=O) groups excluding carboxylic acids is 1. The van der Waals surface area contributed by atoms with Crippen LogP contribution < -0.4 is 0 Å². The molecular formula is C22H24F2N2O2. The average molecular weight is 386 g/mol. The van der Waals surface area contributed by atoms with Crippen molar-refractivity contribution in [2.75, 3.05) is 13.1 Å². The molecule has 1 aliphatic rings. The molecule has 148 valence electrons. The lowest BCUT2D eigenvalue weighted by molar-refractivity contribution is -0.145. The zero-order valence-corrected chi connectivity index (χ0v) is 16.1. The van der Waals surface area contributed by atoms with Gasteiger partial charge in [0.15, 0.2) is 0 Å². The zero-order valence-electron chi connectivity index (χ0n) is 16.1. The van der Waals surface area contributed by atoms with Crippen LogP contribution in [0.1, 0.15) is 26.7 Å². The van der Waals surface area contributed by atoms with Gasteiger partial charge in [-0.2, -0.15) is 0 Å². The predicted octanol–water partition coefficient (Wildman–Crippen LogP) is 4.08. The lowest BCUT2D eigenvalue weighted by atomic mass is 9.83. The van der Waals surface area contributed by atoms with Gasteiger partial charge in [0.1, 0.15) is 11.6 Å². The first-order valence-corrected chi connectivity index (χ1v) is 9.61. The molecule has 1 atom stereocenters. The SMILES string of the molecule is CC1(C)CCCN(CC(O)Cn2c3ccc(F)cc3c3cc(F)ccc32)C1=O. The third kappa shape index (κ3) is 3.26. The second-order valence-corrected chi connectivity index (χ2v) is 8.33. The van der Waals surface area contributed by atoms with Crippen molar-refractivity contribution >= 4 is 27.7 Å². The minimum Gasteiger partial charge on any atom is -0.389 e. The van der Waals surface area contributed by atoms with Gasteiger partial charge in [-0.15, -0.1) is 0 Å². The Hall–Kier alpha value is -2.47. The topological polar surface area (TPSA) is 45.5 Å². The predicted molar refractivity (Wildman–Crippen MR) is 105 cm³/mol. The van der Waals surface area contributed by atoms with Crippen LogP contribution in [0.2, 0.25) is 0 Å². The fourth-order valence-electron chi connectivity index (χ4n) is 4.29. The summed E-state index contributed by atoms with van der Waals surface area (Å²) in [5, 5.41) is 11.9. The molecule has 1 N–H and O–H groups in total. The van der Waals surface area contributed by atoms with Gasteiger partial charge in [0.25, 0.3) is 0 Å². The first-order valence-electron chi connectivity index (χ1n) is 9.61. The number of aromatic nitrogens is 1.